The highest BCUT2D eigenvalue weighted by Gasteiger charge is 2.23. The third-order valence-corrected chi connectivity index (χ3v) is 1.79. The fourth-order valence-electron chi connectivity index (χ4n) is 1.07. The van der Waals surface area contributed by atoms with Gasteiger partial charge in [0.1, 0.15) is 6.17 Å². The normalized spacial score (nSPS) is 31.9. The molecule has 0 aromatic carbocycles. The van der Waals surface area contributed by atoms with Gasteiger partial charge in [0.25, 0.3) is 0 Å². The molecular weight excluding hydrogens is 190 g/mol. The smallest absolute Gasteiger partial charge is 0.128 e. The Morgan fingerprint density at radius 3 is 2.36 bits per heavy atom. The molecule has 0 aromatic rings. The first-order valence-electron chi connectivity index (χ1n) is 3.28. The van der Waals surface area contributed by atoms with Crippen LogP contribution in [0.2, 0.25) is 0 Å². The molecule has 0 radical (unpaired) electrons. The summed E-state index contributed by atoms with van der Waals surface area (Å²) < 4.78 is 12.7. The van der Waals surface area contributed by atoms with Gasteiger partial charge in [0.2, 0.25) is 0 Å². The predicted molar refractivity (Wildman–Crippen MR) is 49.5 cm³/mol. The average molecular weight is 205 g/mol. The zero-order valence-corrected chi connectivity index (χ0v) is 8.13. The lowest BCUT2D eigenvalue weighted by atomic mass is 10.1. The molecule has 0 aromatic heterocycles. The molecule has 5 heteroatoms. The van der Waals surface area contributed by atoms with Crippen LogP contribution >= 0.6 is 24.8 Å². The standard InChI is InChI=1S/C6H13FN2.2ClH/c1-9-3-2-6(8)5(7)4-9;;/h5-6H,2-4,8H2,1H3;2*1H/t5-,6+;;/m0../s1. The number of rotatable bonds is 0. The van der Waals surface area contributed by atoms with Crippen molar-refractivity contribution < 1.29 is 4.39 Å². The van der Waals surface area contributed by atoms with E-state index in [1.807, 2.05) is 11.9 Å². The van der Waals surface area contributed by atoms with Crippen LogP contribution < -0.4 is 5.73 Å². The van der Waals surface area contributed by atoms with Gasteiger partial charge < -0.3 is 10.6 Å². The highest BCUT2D eigenvalue weighted by atomic mass is 35.5. The predicted octanol–water partition coefficient (Wildman–Crippen LogP) is 0.831. The van der Waals surface area contributed by atoms with Crippen molar-refractivity contribution in [3.8, 4) is 0 Å². The van der Waals surface area contributed by atoms with E-state index in [1.54, 1.807) is 0 Å². The third kappa shape index (κ3) is 4.11. The fraction of sp³-hybridized carbons (Fsp3) is 1.00. The summed E-state index contributed by atoms with van der Waals surface area (Å²) in [5.74, 6) is 0. The molecule has 0 spiro atoms. The van der Waals surface area contributed by atoms with Crippen LogP contribution in [0.4, 0.5) is 4.39 Å². The lowest BCUT2D eigenvalue weighted by Crippen LogP contribution is -2.46. The summed E-state index contributed by atoms with van der Waals surface area (Å²) in [6, 6.07) is -0.221. The van der Waals surface area contributed by atoms with E-state index in [2.05, 4.69) is 0 Å². The zero-order chi connectivity index (χ0) is 6.85. The molecule has 0 aliphatic carbocycles. The Balaban J connectivity index is 0. The van der Waals surface area contributed by atoms with Crippen molar-refractivity contribution in [2.45, 2.75) is 18.6 Å². The third-order valence-electron chi connectivity index (χ3n) is 1.79. The van der Waals surface area contributed by atoms with Crippen LogP contribution in [0.3, 0.4) is 0 Å². The van der Waals surface area contributed by atoms with Crippen molar-refractivity contribution in [3.63, 3.8) is 0 Å². The number of hydrogen-bond donors (Lipinski definition) is 1. The van der Waals surface area contributed by atoms with E-state index in [4.69, 9.17) is 5.73 Å². The summed E-state index contributed by atoms with van der Waals surface area (Å²) in [5, 5.41) is 0. The van der Waals surface area contributed by atoms with Crippen molar-refractivity contribution in [2.75, 3.05) is 20.1 Å². The molecule has 2 atom stereocenters. The van der Waals surface area contributed by atoms with Crippen molar-refractivity contribution in [2.24, 2.45) is 5.73 Å². The SMILES string of the molecule is CN1CC[C@@H](N)[C@@H](F)C1.Cl.Cl. The second-order valence-corrected chi connectivity index (χ2v) is 2.73. The molecule has 1 heterocycles. The molecule has 1 aliphatic heterocycles. The van der Waals surface area contributed by atoms with Crippen LogP contribution in [0.5, 0.6) is 0 Å². The molecule has 70 valence electrons. The van der Waals surface area contributed by atoms with Crippen LogP contribution in [0.15, 0.2) is 0 Å². The van der Waals surface area contributed by atoms with Gasteiger partial charge in [0.05, 0.1) is 0 Å². The molecular formula is C6H15Cl2FN2. The number of nitrogens with zero attached hydrogens (tertiary/aromatic N) is 1. The maximum Gasteiger partial charge on any atom is 0.128 e. The molecule has 2 N–H and O–H groups in total. The highest BCUT2D eigenvalue weighted by molar-refractivity contribution is 5.85. The first-order chi connectivity index (χ1) is 4.20. The highest BCUT2D eigenvalue weighted by Crippen LogP contribution is 2.09. The largest absolute Gasteiger partial charge is 0.325 e. The van der Waals surface area contributed by atoms with Crippen molar-refractivity contribution >= 4 is 24.8 Å². The average Bonchev–Trinajstić information content (AvgIpc) is 1.80. The molecule has 0 bridgehead atoms. The lowest BCUT2D eigenvalue weighted by molar-refractivity contribution is 0.141. The van der Waals surface area contributed by atoms with E-state index >= 15 is 0 Å². The Morgan fingerprint density at radius 1 is 1.45 bits per heavy atom. The zero-order valence-electron chi connectivity index (χ0n) is 6.50. The Hall–Kier alpha value is 0.430. The Kier molecular flexibility index (Phi) is 7.63. The Bertz CT molecular complexity index is 105. The summed E-state index contributed by atoms with van der Waals surface area (Å²) in [4.78, 5) is 1.97. The lowest BCUT2D eigenvalue weighted by Gasteiger charge is -2.29. The molecule has 0 amide bonds. The van der Waals surface area contributed by atoms with Crippen molar-refractivity contribution in [1.82, 2.24) is 4.90 Å². The minimum Gasteiger partial charge on any atom is -0.325 e. The molecule has 1 rings (SSSR count). The van der Waals surface area contributed by atoms with Gasteiger partial charge >= 0.3 is 0 Å². The monoisotopic (exact) mass is 204 g/mol. The van der Waals surface area contributed by atoms with E-state index < -0.39 is 6.17 Å². The second-order valence-electron chi connectivity index (χ2n) is 2.73. The molecule has 1 fully saturated rings. The molecule has 1 aliphatic rings. The fourth-order valence-corrected chi connectivity index (χ4v) is 1.07. The van der Waals surface area contributed by atoms with E-state index in [9.17, 15) is 4.39 Å². The number of alkyl halides is 1. The van der Waals surface area contributed by atoms with E-state index in [1.165, 1.54) is 0 Å². The summed E-state index contributed by atoms with van der Waals surface area (Å²) in [5.41, 5.74) is 5.44. The number of hydrogen-bond acceptors (Lipinski definition) is 2. The first-order valence-corrected chi connectivity index (χ1v) is 3.28. The molecule has 0 saturated carbocycles. The van der Waals surface area contributed by atoms with E-state index in [0.717, 1.165) is 13.0 Å². The van der Waals surface area contributed by atoms with Crippen LogP contribution in [0.1, 0.15) is 6.42 Å². The van der Waals surface area contributed by atoms with Gasteiger partial charge in [0.15, 0.2) is 0 Å². The van der Waals surface area contributed by atoms with Gasteiger partial charge in [-0.15, -0.1) is 24.8 Å². The van der Waals surface area contributed by atoms with Gasteiger partial charge in [0, 0.05) is 12.6 Å². The van der Waals surface area contributed by atoms with Crippen LogP contribution in [-0.4, -0.2) is 37.3 Å². The summed E-state index contributed by atoms with van der Waals surface area (Å²) >= 11 is 0. The minimum absolute atomic E-state index is 0. The molecule has 1 saturated heterocycles. The number of halogens is 3. The van der Waals surface area contributed by atoms with Gasteiger partial charge in [-0.25, -0.2) is 4.39 Å². The van der Waals surface area contributed by atoms with E-state index in [0.29, 0.717) is 6.54 Å². The Labute approximate surface area is 79.1 Å². The Morgan fingerprint density at radius 2 is 2.00 bits per heavy atom. The second kappa shape index (κ2) is 6.00. The number of nitrogens with two attached hydrogens (primary N) is 1. The number of likely N-dealkylation sites (tertiary alicyclic amines) is 1. The molecule has 2 nitrogen and oxygen atoms in total. The summed E-state index contributed by atoms with van der Waals surface area (Å²) in [7, 11) is 1.92. The maximum absolute atomic E-state index is 12.7. The van der Waals surface area contributed by atoms with Crippen LogP contribution in [0, 0.1) is 0 Å². The van der Waals surface area contributed by atoms with Crippen molar-refractivity contribution in [1.29, 1.82) is 0 Å². The summed E-state index contributed by atoms with van der Waals surface area (Å²) in [6.45, 7) is 1.43. The van der Waals surface area contributed by atoms with Gasteiger partial charge in [-0.3, -0.25) is 0 Å². The summed E-state index contributed by atoms with van der Waals surface area (Å²) in [6.07, 6.45) is -0.0266. The minimum atomic E-state index is -0.816. The van der Waals surface area contributed by atoms with Crippen LogP contribution in [0.25, 0.3) is 0 Å². The maximum atomic E-state index is 12.7. The number of piperidine rings is 1. The van der Waals surface area contributed by atoms with E-state index in [-0.39, 0.29) is 30.9 Å². The first kappa shape index (κ1) is 14.0. The molecule has 0 unspecified atom stereocenters. The quantitative estimate of drug-likeness (QED) is 0.634. The molecule has 11 heavy (non-hydrogen) atoms. The van der Waals surface area contributed by atoms with Crippen molar-refractivity contribution in [3.05, 3.63) is 0 Å². The topological polar surface area (TPSA) is 29.3 Å². The van der Waals surface area contributed by atoms with Crippen LogP contribution in [-0.2, 0) is 0 Å². The van der Waals surface area contributed by atoms with Gasteiger partial charge in [-0.1, -0.05) is 0 Å². The van der Waals surface area contributed by atoms with Gasteiger partial charge in [-0.05, 0) is 20.0 Å². The van der Waals surface area contributed by atoms with Gasteiger partial charge in [-0.2, -0.15) is 0 Å².